The molecular formula is C21H33IN6OS. The summed E-state index contributed by atoms with van der Waals surface area (Å²) in [5.41, 5.74) is 1.05. The largest absolute Gasteiger partial charge is 0.357 e. The van der Waals surface area contributed by atoms with Gasteiger partial charge in [0.05, 0.1) is 6.54 Å². The Morgan fingerprint density at radius 1 is 1.30 bits per heavy atom. The number of nitrogens with one attached hydrogen (secondary N) is 2. The first-order valence-electron chi connectivity index (χ1n) is 10.5. The van der Waals surface area contributed by atoms with Crippen molar-refractivity contribution < 1.29 is 4.21 Å². The highest BCUT2D eigenvalue weighted by molar-refractivity contribution is 14.0. The van der Waals surface area contributed by atoms with Crippen LogP contribution in [-0.4, -0.2) is 48.3 Å². The number of halogens is 1. The lowest BCUT2D eigenvalue weighted by Crippen LogP contribution is -2.46. The molecule has 3 unspecified atom stereocenters. The molecule has 1 saturated carbocycles. The van der Waals surface area contributed by atoms with Gasteiger partial charge in [0.2, 0.25) is 0 Å². The molecule has 2 heterocycles. The average molecular weight is 545 g/mol. The van der Waals surface area contributed by atoms with E-state index < -0.39 is 10.8 Å². The molecule has 3 atom stereocenters. The van der Waals surface area contributed by atoms with Gasteiger partial charge in [0, 0.05) is 53.0 Å². The maximum Gasteiger partial charge on any atom is 0.191 e. The number of aromatic nitrogens is 3. The third kappa shape index (κ3) is 6.76. The van der Waals surface area contributed by atoms with Crippen LogP contribution in [0, 0.1) is 6.92 Å². The van der Waals surface area contributed by atoms with Gasteiger partial charge in [-0.05, 0) is 44.7 Å². The molecule has 166 valence electrons. The Bertz CT molecular complexity index is 838. The number of imidazole rings is 1. The Balaban J connectivity index is 0.00000320. The van der Waals surface area contributed by atoms with E-state index in [1.807, 2.05) is 36.9 Å². The summed E-state index contributed by atoms with van der Waals surface area (Å²) < 4.78 is 14.2. The van der Waals surface area contributed by atoms with Crippen LogP contribution in [0.15, 0.2) is 35.7 Å². The van der Waals surface area contributed by atoms with Gasteiger partial charge in [-0.2, -0.15) is 0 Å². The predicted octanol–water partition coefficient (Wildman–Crippen LogP) is 3.33. The molecule has 3 rings (SSSR count). The van der Waals surface area contributed by atoms with Gasteiger partial charge in [-0.25, -0.2) is 15.0 Å². The number of hydrogen-bond donors (Lipinski definition) is 2. The Morgan fingerprint density at radius 2 is 2.13 bits per heavy atom. The molecular weight excluding hydrogens is 511 g/mol. The van der Waals surface area contributed by atoms with Crippen LogP contribution < -0.4 is 10.6 Å². The van der Waals surface area contributed by atoms with Crippen LogP contribution in [0.1, 0.15) is 50.9 Å². The van der Waals surface area contributed by atoms with Gasteiger partial charge in [-0.15, -0.1) is 24.0 Å². The molecule has 0 spiro atoms. The highest BCUT2D eigenvalue weighted by Crippen LogP contribution is 2.23. The third-order valence-electron chi connectivity index (χ3n) is 5.27. The molecule has 7 nitrogen and oxygen atoms in total. The van der Waals surface area contributed by atoms with E-state index in [2.05, 4.69) is 33.6 Å². The quantitative estimate of drug-likeness (QED) is 0.318. The van der Waals surface area contributed by atoms with Gasteiger partial charge in [0.15, 0.2) is 5.96 Å². The molecule has 2 N–H and O–H groups in total. The Morgan fingerprint density at radius 3 is 2.77 bits per heavy atom. The lowest BCUT2D eigenvalue weighted by molar-refractivity contribution is 0.413. The van der Waals surface area contributed by atoms with Crippen molar-refractivity contribution in [1.82, 2.24) is 25.2 Å². The standard InChI is InChI=1S/C21H32N6OS.HI/c1-4-22-21(26-18-7-6-8-19(13-18)29(28)5-2)25-15-17-9-10-20(24-14-17)27-12-11-23-16(27)3;/h9-12,14,18-19H,4-8,13,15H2,1-3H3,(H2,22,25,26);1H. The zero-order valence-corrected chi connectivity index (χ0v) is 21.2. The summed E-state index contributed by atoms with van der Waals surface area (Å²) in [5.74, 6) is 3.33. The van der Waals surface area contributed by atoms with E-state index >= 15 is 0 Å². The van der Waals surface area contributed by atoms with Crippen molar-refractivity contribution in [3.05, 3.63) is 42.1 Å². The smallest absolute Gasteiger partial charge is 0.191 e. The first kappa shape index (κ1) is 24.8. The first-order chi connectivity index (χ1) is 14.1. The van der Waals surface area contributed by atoms with Crippen LogP contribution in [0.25, 0.3) is 5.82 Å². The maximum atomic E-state index is 12.2. The number of nitrogens with zero attached hydrogens (tertiary/aromatic N) is 4. The van der Waals surface area contributed by atoms with Crippen LogP contribution >= 0.6 is 24.0 Å². The molecule has 1 fully saturated rings. The highest BCUT2D eigenvalue weighted by Gasteiger charge is 2.26. The maximum absolute atomic E-state index is 12.2. The minimum atomic E-state index is -0.718. The number of rotatable bonds is 7. The SMILES string of the molecule is CCNC(=NCc1ccc(-n2ccnc2C)nc1)NC1CCCC(S(=O)CC)C1.I. The first-order valence-corrected chi connectivity index (χ1v) is 11.9. The van der Waals surface area contributed by atoms with E-state index in [4.69, 9.17) is 4.99 Å². The molecule has 9 heteroatoms. The van der Waals surface area contributed by atoms with Crippen molar-refractivity contribution in [3.8, 4) is 5.82 Å². The van der Waals surface area contributed by atoms with Gasteiger partial charge >= 0.3 is 0 Å². The molecule has 0 amide bonds. The second-order valence-corrected chi connectivity index (χ2v) is 9.37. The normalized spacial score (nSPS) is 20.3. The lowest BCUT2D eigenvalue weighted by Gasteiger charge is -2.30. The van der Waals surface area contributed by atoms with Crippen molar-refractivity contribution in [2.45, 2.75) is 64.3 Å². The summed E-state index contributed by atoms with van der Waals surface area (Å²) in [5, 5.41) is 7.18. The second kappa shape index (κ2) is 12.4. The van der Waals surface area contributed by atoms with Crippen molar-refractivity contribution in [2.75, 3.05) is 12.3 Å². The summed E-state index contributed by atoms with van der Waals surface area (Å²) in [6.45, 7) is 7.39. The van der Waals surface area contributed by atoms with Crippen molar-refractivity contribution in [1.29, 1.82) is 0 Å². The zero-order chi connectivity index (χ0) is 20.6. The molecule has 0 radical (unpaired) electrons. The van der Waals surface area contributed by atoms with Gasteiger partial charge in [-0.1, -0.05) is 19.4 Å². The van der Waals surface area contributed by atoms with Crippen LogP contribution in [0.3, 0.4) is 0 Å². The van der Waals surface area contributed by atoms with Crippen LogP contribution in [0.2, 0.25) is 0 Å². The number of aliphatic imine (C=N–C) groups is 1. The fourth-order valence-corrected chi connectivity index (χ4v) is 5.05. The molecule has 0 saturated heterocycles. The Kier molecular flexibility index (Phi) is 10.2. The van der Waals surface area contributed by atoms with Crippen molar-refractivity contribution >= 4 is 40.7 Å². The average Bonchev–Trinajstić information content (AvgIpc) is 3.18. The number of guanidine groups is 1. The monoisotopic (exact) mass is 544 g/mol. The molecule has 0 aromatic carbocycles. The van der Waals surface area contributed by atoms with E-state index in [0.717, 1.165) is 61.1 Å². The van der Waals surface area contributed by atoms with E-state index in [9.17, 15) is 4.21 Å². The van der Waals surface area contributed by atoms with Gasteiger partial charge in [0.25, 0.3) is 0 Å². The summed E-state index contributed by atoms with van der Waals surface area (Å²) >= 11 is 0. The minimum Gasteiger partial charge on any atom is -0.357 e. The van der Waals surface area contributed by atoms with Gasteiger partial charge < -0.3 is 10.6 Å². The lowest BCUT2D eigenvalue weighted by atomic mass is 9.95. The fraction of sp³-hybridized carbons (Fsp3) is 0.571. The van der Waals surface area contributed by atoms with Crippen molar-refractivity contribution in [2.24, 2.45) is 4.99 Å². The molecule has 1 aliphatic rings. The number of hydrogen-bond acceptors (Lipinski definition) is 4. The van der Waals surface area contributed by atoms with E-state index in [0.29, 0.717) is 17.8 Å². The second-order valence-electron chi connectivity index (χ2n) is 7.36. The number of pyridine rings is 1. The van der Waals surface area contributed by atoms with E-state index in [1.165, 1.54) is 0 Å². The molecule has 2 aromatic heterocycles. The van der Waals surface area contributed by atoms with Gasteiger partial charge in [0.1, 0.15) is 11.6 Å². The molecule has 30 heavy (non-hydrogen) atoms. The molecule has 0 bridgehead atoms. The molecule has 0 aliphatic heterocycles. The van der Waals surface area contributed by atoms with Gasteiger partial charge in [-0.3, -0.25) is 8.78 Å². The summed E-state index contributed by atoms with van der Waals surface area (Å²) in [7, 11) is -0.718. The van der Waals surface area contributed by atoms with Crippen LogP contribution in [0.5, 0.6) is 0 Å². The third-order valence-corrected chi connectivity index (χ3v) is 7.01. The molecule has 1 aliphatic carbocycles. The fourth-order valence-electron chi connectivity index (χ4n) is 3.71. The Hall–Kier alpha value is -1.49. The van der Waals surface area contributed by atoms with E-state index in [-0.39, 0.29) is 24.0 Å². The summed E-state index contributed by atoms with van der Waals surface area (Å²) in [6.07, 6.45) is 9.78. The topological polar surface area (TPSA) is 84.2 Å². The summed E-state index contributed by atoms with van der Waals surface area (Å²) in [6, 6.07) is 4.37. The Labute approximate surface area is 199 Å². The molecule has 2 aromatic rings. The van der Waals surface area contributed by atoms with E-state index in [1.54, 1.807) is 6.20 Å². The predicted molar refractivity (Wildman–Crippen MR) is 134 cm³/mol. The summed E-state index contributed by atoms with van der Waals surface area (Å²) in [4.78, 5) is 13.5. The highest BCUT2D eigenvalue weighted by atomic mass is 127. The zero-order valence-electron chi connectivity index (χ0n) is 18.0. The van der Waals surface area contributed by atoms with Crippen LogP contribution in [-0.2, 0) is 17.3 Å². The van der Waals surface area contributed by atoms with Crippen LogP contribution in [0.4, 0.5) is 0 Å². The minimum absolute atomic E-state index is 0. The van der Waals surface area contributed by atoms with Crippen molar-refractivity contribution in [3.63, 3.8) is 0 Å². The number of aryl methyl sites for hydroxylation is 1.